The van der Waals surface area contributed by atoms with Crippen molar-refractivity contribution in [1.29, 1.82) is 0 Å². The lowest BCUT2D eigenvalue weighted by atomic mass is 9.76. The molecule has 0 amide bonds. The summed E-state index contributed by atoms with van der Waals surface area (Å²) in [5.74, 6) is -7.86. The number of rotatable bonds is 15. The van der Waals surface area contributed by atoms with Gasteiger partial charge in [0.2, 0.25) is 17.5 Å². The second kappa shape index (κ2) is 16.1. The third-order valence-corrected chi connectivity index (χ3v) is 8.28. The van der Waals surface area contributed by atoms with Crippen LogP contribution in [-0.4, -0.2) is 13.2 Å². The number of hydrogen-bond acceptors (Lipinski definition) is 3. The molecule has 9 heteroatoms. The molecule has 1 fully saturated rings. The predicted octanol–water partition coefficient (Wildman–Crippen LogP) is 10.7. The molecule has 3 aromatic rings. The molecule has 3 aromatic carbocycles. The minimum Gasteiger partial charge on any atom is -0.490 e. The van der Waals surface area contributed by atoms with Gasteiger partial charge in [0.25, 0.3) is 0 Å². The van der Waals surface area contributed by atoms with Gasteiger partial charge in [-0.1, -0.05) is 51.7 Å². The Morgan fingerprint density at radius 1 is 0.500 bits per heavy atom. The number of hydrogen-bond donors (Lipinski definition) is 0. The van der Waals surface area contributed by atoms with E-state index in [4.69, 9.17) is 14.2 Å². The molecule has 44 heavy (non-hydrogen) atoms. The first kappa shape index (κ1) is 33.5. The molecule has 0 unspecified atom stereocenters. The van der Waals surface area contributed by atoms with E-state index < -0.39 is 47.3 Å². The zero-order chi connectivity index (χ0) is 31.6. The minimum absolute atomic E-state index is 0.111. The first-order valence-electron chi connectivity index (χ1n) is 15.6. The highest BCUT2D eigenvalue weighted by molar-refractivity contribution is 5.36. The second-order valence-corrected chi connectivity index (χ2v) is 11.4. The lowest BCUT2D eigenvalue weighted by Gasteiger charge is -2.30. The van der Waals surface area contributed by atoms with E-state index >= 15 is 4.39 Å². The van der Waals surface area contributed by atoms with Gasteiger partial charge in [0.1, 0.15) is 6.61 Å². The van der Waals surface area contributed by atoms with Crippen molar-refractivity contribution in [3.63, 3.8) is 0 Å². The van der Waals surface area contributed by atoms with Crippen LogP contribution in [0.3, 0.4) is 0 Å². The van der Waals surface area contributed by atoms with Crippen molar-refractivity contribution in [3.05, 3.63) is 88.0 Å². The molecule has 1 saturated carbocycles. The van der Waals surface area contributed by atoms with Crippen LogP contribution in [0.4, 0.5) is 26.3 Å². The van der Waals surface area contributed by atoms with Crippen LogP contribution >= 0.6 is 0 Å². The van der Waals surface area contributed by atoms with Crippen LogP contribution in [0.2, 0.25) is 0 Å². The van der Waals surface area contributed by atoms with E-state index in [1.165, 1.54) is 30.3 Å². The van der Waals surface area contributed by atoms with Gasteiger partial charge in [0.05, 0.1) is 13.2 Å². The Morgan fingerprint density at radius 2 is 0.955 bits per heavy atom. The molecule has 1 aliphatic rings. The van der Waals surface area contributed by atoms with Gasteiger partial charge in [-0.25, -0.2) is 13.2 Å². The summed E-state index contributed by atoms with van der Waals surface area (Å²) in [4.78, 5) is 0. The van der Waals surface area contributed by atoms with Crippen molar-refractivity contribution in [3.8, 4) is 17.2 Å². The van der Waals surface area contributed by atoms with Crippen molar-refractivity contribution in [2.45, 2.75) is 96.5 Å². The molecule has 3 nitrogen and oxygen atoms in total. The summed E-state index contributed by atoms with van der Waals surface area (Å²) in [5, 5.41) is 0. The summed E-state index contributed by atoms with van der Waals surface area (Å²) in [5.41, 5.74) is 0.263. The van der Waals surface area contributed by atoms with E-state index in [9.17, 15) is 22.0 Å². The number of halogens is 6. The van der Waals surface area contributed by atoms with Crippen LogP contribution in [0.1, 0.15) is 107 Å². The molecule has 0 atom stereocenters. The van der Waals surface area contributed by atoms with Crippen molar-refractivity contribution >= 4 is 0 Å². The summed E-state index contributed by atoms with van der Waals surface area (Å²) in [7, 11) is 0. The molecule has 0 aromatic heterocycles. The van der Waals surface area contributed by atoms with E-state index in [1.54, 1.807) is 6.07 Å². The van der Waals surface area contributed by atoms with E-state index in [0.29, 0.717) is 32.3 Å². The van der Waals surface area contributed by atoms with Crippen LogP contribution in [-0.2, 0) is 6.61 Å². The molecule has 0 aliphatic heterocycles. The SMILES string of the molecule is CCCCCCOc1ccc(COc2ccc(C3CCC(c4ccc(OCCCC)c(F)c4F)CC3)c(F)c2F)c(F)c1F. The van der Waals surface area contributed by atoms with E-state index in [-0.39, 0.29) is 46.6 Å². The standard InChI is InChI=1S/C35H40F6O3/c1-3-5-7-8-20-43-27-16-13-24(30(36)33(27)39)21-44-29-18-15-26(32(38)35(29)41)23-11-9-22(10-12-23)25-14-17-28(34(40)31(25)37)42-19-6-4-2/h13-18,22-23H,3-12,19-21H2,1-2H3. The molecule has 0 radical (unpaired) electrons. The van der Waals surface area contributed by atoms with Gasteiger partial charge >= 0.3 is 0 Å². The van der Waals surface area contributed by atoms with E-state index in [2.05, 4.69) is 6.92 Å². The first-order valence-corrected chi connectivity index (χ1v) is 15.6. The summed E-state index contributed by atoms with van der Waals surface area (Å²) >= 11 is 0. The van der Waals surface area contributed by atoms with Gasteiger partial charge in [-0.05, 0) is 85.8 Å². The highest BCUT2D eigenvalue weighted by Crippen LogP contribution is 2.43. The molecular formula is C35H40F6O3. The maximum atomic E-state index is 15.1. The Bertz CT molecular complexity index is 1390. The lowest BCUT2D eigenvalue weighted by Crippen LogP contribution is -2.15. The average molecular weight is 623 g/mol. The highest BCUT2D eigenvalue weighted by Gasteiger charge is 2.30. The predicted molar refractivity (Wildman–Crippen MR) is 157 cm³/mol. The topological polar surface area (TPSA) is 27.7 Å². The van der Waals surface area contributed by atoms with Crippen molar-refractivity contribution < 1.29 is 40.6 Å². The van der Waals surface area contributed by atoms with Gasteiger partial charge in [-0.15, -0.1) is 0 Å². The first-order chi connectivity index (χ1) is 21.3. The van der Waals surface area contributed by atoms with Crippen molar-refractivity contribution in [2.75, 3.05) is 13.2 Å². The maximum absolute atomic E-state index is 15.1. The second-order valence-electron chi connectivity index (χ2n) is 11.4. The Balaban J connectivity index is 1.35. The smallest absolute Gasteiger partial charge is 0.201 e. The molecule has 0 saturated heterocycles. The summed E-state index contributed by atoms with van der Waals surface area (Å²) in [6.07, 6.45) is 7.19. The Kier molecular flexibility index (Phi) is 12.3. The fourth-order valence-corrected chi connectivity index (χ4v) is 5.65. The summed E-state index contributed by atoms with van der Waals surface area (Å²) in [6, 6.07) is 8.27. The normalized spacial score (nSPS) is 16.6. The lowest BCUT2D eigenvalue weighted by molar-refractivity contribution is 0.268. The van der Waals surface area contributed by atoms with Gasteiger partial charge in [-0.3, -0.25) is 0 Å². The van der Waals surface area contributed by atoms with Gasteiger partial charge in [-0.2, -0.15) is 13.2 Å². The van der Waals surface area contributed by atoms with E-state index in [0.717, 1.165) is 38.5 Å². The Hall–Kier alpha value is -3.36. The zero-order valence-corrected chi connectivity index (χ0v) is 25.3. The molecule has 240 valence electrons. The van der Waals surface area contributed by atoms with Gasteiger partial charge in [0.15, 0.2) is 34.7 Å². The summed E-state index contributed by atoms with van der Waals surface area (Å²) < 4.78 is 105. The monoisotopic (exact) mass is 622 g/mol. The van der Waals surface area contributed by atoms with Gasteiger partial charge < -0.3 is 14.2 Å². The molecule has 0 bridgehead atoms. The van der Waals surface area contributed by atoms with Crippen LogP contribution in [0.5, 0.6) is 17.2 Å². The number of benzene rings is 3. The third-order valence-electron chi connectivity index (χ3n) is 8.28. The molecule has 1 aliphatic carbocycles. The van der Waals surface area contributed by atoms with Crippen LogP contribution in [0.15, 0.2) is 36.4 Å². The van der Waals surface area contributed by atoms with Gasteiger partial charge in [0, 0.05) is 5.56 Å². The molecule has 4 rings (SSSR count). The maximum Gasteiger partial charge on any atom is 0.201 e. The van der Waals surface area contributed by atoms with Crippen LogP contribution in [0, 0.1) is 34.9 Å². The fourth-order valence-electron chi connectivity index (χ4n) is 5.65. The minimum atomic E-state index is -1.22. The Morgan fingerprint density at radius 3 is 1.48 bits per heavy atom. The zero-order valence-electron chi connectivity index (χ0n) is 25.3. The molecule has 0 heterocycles. The average Bonchev–Trinajstić information content (AvgIpc) is 3.03. The fraction of sp³-hybridized carbons (Fsp3) is 0.486. The molecule has 0 N–H and O–H groups in total. The molecule has 0 spiro atoms. The number of ether oxygens (including phenoxy) is 3. The molecular weight excluding hydrogens is 582 g/mol. The highest BCUT2D eigenvalue weighted by atomic mass is 19.2. The van der Waals surface area contributed by atoms with Crippen LogP contribution < -0.4 is 14.2 Å². The van der Waals surface area contributed by atoms with E-state index in [1.807, 2.05) is 6.92 Å². The Labute approximate surface area is 255 Å². The van der Waals surface area contributed by atoms with Crippen molar-refractivity contribution in [2.24, 2.45) is 0 Å². The quantitative estimate of drug-likeness (QED) is 0.125. The largest absolute Gasteiger partial charge is 0.490 e. The third kappa shape index (κ3) is 8.02. The number of unbranched alkanes of at least 4 members (excludes halogenated alkanes) is 4. The van der Waals surface area contributed by atoms with Crippen molar-refractivity contribution in [1.82, 2.24) is 0 Å². The van der Waals surface area contributed by atoms with Crippen LogP contribution in [0.25, 0.3) is 0 Å². The summed E-state index contributed by atoms with van der Waals surface area (Å²) in [6.45, 7) is 4.10.